The number of halogens is 1. The minimum absolute atomic E-state index is 0.0654. The van der Waals surface area contributed by atoms with Gasteiger partial charge in [-0.1, -0.05) is 0 Å². The van der Waals surface area contributed by atoms with Gasteiger partial charge in [0.1, 0.15) is 17.6 Å². The molecule has 0 aliphatic rings. The highest BCUT2D eigenvalue weighted by Crippen LogP contribution is 2.23. The molecule has 2 aromatic carbocycles. The highest BCUT2D eigenvalue weighted by molar-refractivity contribution is 9.10. The molecule has 0 aliphatic carbocycles. The summed E-state index contributed by atoms with van der Waals surface area (Å²) in [5.74, 6) is 1.23. The number of nitrogens with zero attached hydrogens (tertiary/aromatic N) is 1. The number of aryl methyl sites for hydroxylation is 1. The average molecular weight is 360 g/mol. The van der Waals surface area contributed by atoms with E-state index in [2.05, 4.69) is 15.9 Å². The predicted octanol–water partition coefficient (Wildman–Crippen LogP) is 3.90. The lowest BCUT2D eigenvalue weighted by Gasteiger charge is -2.09. The van der Waals surface area contributed by atoms with Crippen LogP contribution in [0.25, 0.3) is 0 Å². The second-order valence-electron chi connectivity index (χ2n) is 4.65. The lowest BCUT2D eigenvalue weighted by molar-refractivity contribution is 0.0921. The molecular weight excluding hydrogens is 346 g/mol. The van der Waals surface area contributed by atoms with E-state index in [0.29, 0.717) is 21.3 Å². The molecule has 0 N–H and O–H groups in total. The molecule has 2 aromatic rings. The molecule has 22 heavy (non-hydrogen) atoms. The van der Waals surface area contributed by atoms with Gasteiger partial charge in [0.2, 0.25) is 0 Å². The molecule has 4 nitrogen and oxygen atoms in total. The first-order valence-electron chi connectivity index (χ1n) is 6.55. The van der Waals surface area contributed by atoms with Gasteiger partial charge in [-0.15, -0.1) is 0 Å². The Bertz CT molecular complexity index is 750. The molecule has 0 saturated heterocycles. The van der Waals surface area contributed by atoms with Crippen molar-refractivity contribution in [2.75, 3.05) is 13.7 Å². The normalized spacial score (nSPS) is 9.91. The topological polar surface area (TPSA) is 59.3 Å². The van der Waals surface area contributed by atoms with Gasteiger partial charge in [-0.25, -0.2) is 0 Å². The van der Waals surface area contributed by atoms with Crippen molar-refractivity contribution in [2.45, 2.75) is 6.92 Å². The molecular formula is C17H14BrNO3. The van der Waals surface area contributed by atoms with Crippen LogP contribution >= 0.6 is 15.9 Å². The molecule has 0 bridgehead atoms. The number of rotatable bonds is 5. The van der Waals surface area contributed by atoms with E-state index in [4.69, 9.17) is 14.7 Å². The summed E-state index contributed by atoms with van der Waals surface area (Å²) in [6, 6.07) is 12.3. The van der Waals surface area contributed by atoms with Crippen LogP contribution in [0.2, 0.25) is 0 Å². The van der Waals surface area contributed by atoms with Gasteiger partial charge < -0.3 is 9.47 Å². The summed E-state index contributed by atoms with van der Waals surface area (Å²) in [6.07, 6.45) is 0. The molecule has 0 amide bonds. The number of nitriles is 1. The Balaban J connectivity index is 2.05. The molecule has 5 heteroatoms. The molecule has 0 fully saturated rings. The molecule has 0 saturated carbocycles. The van der Waals surface area contributed by atoms with Crippen LogP contribution in [0, 0.1) is 18.3 Å². The number of ketones is 1. The van der Waals surface area contributed by atoms with Crippen molar-refractivity contribution in [3.8, 4) is 17.6 Å². The van der Waals surface area contributed by atoms with Gasteiger partial charge in [0.25, 0.3) is 0 Å². The molecule has 0 aliphatic heterocycles. The van der Waals surface area contributed by atoms with E-state index in [-0.39, 0.29) is 12.4 Å². The van der Waals surface area contributed by atoms with Crippen LogP contribution in [0.3, 0.4) is 0 Å². The standard InChI is InChI=1S/C17H14BrNO3/c1-11-7-14(5-6-17(11)21-2)22-10-16(20)12-3-4-13(9-19)15(18)8-12/h3-8H,10H2,1-2H3. The van der Waals surface area contributed by atoms with Gasteiger partial charge in [0, 0.05) is 10.0 Å². The van der Waals surface area contributed by atoms with Crippen molar-refractivity contribution < 1.29 is 14.3 Å². The summed E-state index contributed by atoms with van der Waals surface area (Å²) in [5, 5.41) is 8.87. The smallest absolute Gasteiger partial charge is 0.200 e. The summed E-state index contributed by atoms with van der Waals surface area (Å²) in [7, 11) is 1.61. The second-order valence-corrected chi connectivity index (χ2v) is 5.50. The summed E-state index contributed by atoms with van der Waals surface area (Å²) in [5.41, 5.74) is 1.92. The monoisotopic (exact) mass is 359 g/mol. The third kappa shape index (κ3) is 3.66. The number of benzene rings is 2. The fourth-order valence-electron chi connectivity index (χ4n) is 1.95. The third-order valence-corrected chi connectivity index (χ3v) is 3.80. The molecule has 0 radical (unpaired) electrons. The number of carbonyl (C=O) groups excluding carboxylic acids is 1. The van der Waals surface area contributed by atoms with Crippen LogP contribution in [0.4, 0.5) is 0 Å². The number of hydrogen-bond donors (Lipinski definition) is 0. The van der Waals surface area contributed by atoms with E-state index in [9.17, 15) is 4.79 Å². The van der Waals surface area contributed by atoms with Crippen molar-refractivity contribution in [1.29, 1.82) is 5.26 Å². The first-order chi connectivity index (χ1) is 10.5. The molecule has 0 heterocycles. The number of Topliss-reactive ketones (excluding diaryl/α,β-unsaturated/α-hetero) is 1. The molecule has 0 atom stereocenters. The van der Waals surface area contributed by atoms with Gasteiger partial charge in [-0.05, 0) is 64.8 Å². The summed E-state index contributed by atoms with van der Waals surface area (Å²) >= 11 is 3.27. The zero-order valence-corrected chi connectivity index (χ0v) is 13.8. The Morgan fingerprint density at radius 2 is 2.05 bits per heavy atom. The second kappa shape index (κ2) is 7.10. The van der Waals surface area contributed by atoms with E-state index in [1.54, 1.807) is 37.4 Å². The van der Waals surface area contributed by atoms with E-state index in [0.717, 1.165) is 11.3 Å². The average Bonchev–Trinajstić information content (AvgIpc) is 2.52. The molecule has 0 aromatic heterocycles. The van der Waals surface area contributed by atoms with Crippen molar-refractivity contribution in [1.82, 2.24) is 0 Å². The highest BCUT2D eigenvalue weighted by atomic mass is 79.9. The fourth-order valence-corrected chi connectivity index (χ4v) is 2.42. The molecule has 2 rings (SSSR count). The SMILES string of the molecule is COc1ccc(OCC(=O)c2ccc(C#N)c(Br)c2)cc1C. The summed E-state index contributed by atoms with van der Waals surface area (Å²) in [6.45, 7) is 1.84. The number of hydrogen-bond acceptors (Lipinski definition) is 4. The van der Waals surface area contributed by atoms with Crippen LogP contribution in [0.15, 0.2) is 40.9 Å². The van der Waals surface area contributed by atoms with Crippen LogP contribution in [-0.4, -0.2) is 19.5 Å². The van der Waals surface area contributed by atoms with E-state index < -0.39 is 0 Å². The maximum Gasteiger partial charge on any atom is 0.200 e. The predicted molar refractivity (Wildman–Crippen MR) is 86.4 cm³/mol. The van der Waals surface area contributed by atoms with Gasteiger partial charge in [-0.2, -0.15) is 5.26 Å². The van der Waals surface area contributed by atoms with Gasteiger partial charge >= 0.3 is 0 Å². The van der Waals surface area contributed by atoms with E-state index in [1.807, 2.05) is 19.1 Å². The van der Waals surface area contributed by atoms with Crippen LogP contribution in [-0.2, 0) is 0 Å². The van der Waals surface area contributed by atoms with Crippen LogP contribution in [0.5, 0.6) is 11.5 Å². The lowest BCUT2D eigenvalue weighted by atomic mass is 10.1. The van der Waals surface area contributed by atoms with E-state index in [1.165, 1.54) is 0 Å². The minimum atomic E-state index is -0.154. The first-order valence-corrected chi connectivity index (χ1v) is 7.34. The zero-order valence-electron chi connectivity index (χ0n) is 12.2. The maximum atomic E-state index is 12.1. The van der Waals surface area contributed by atoms with Crippen molar-refractivity contribution >= 4 is 21.7 Å². The van der Waals surface area contributed by atoms with Crippen molar-refractivity contribution in [2.24, 2.45) is 0 Å². The van der Waals surface area contributed by atoms with Crippen molar-refractivity contribution in [3.63, 3.8) is 0 Å². The largest absolute Gasteiger partial charge is 0.496 e. The highest BCUT2D eigenvalue weighted by Gasteiger charge is 2.10. The quantitative estimate of drug-likeness (QED) is 0.759. The maximum absolute atomic E-state index is 12.1. The number of carbonyl (C=O) groups is 1. The Morgan fingerprint density at radius 1 is 1.27 bits per heavy atom. The van der Waals surface area contributed by atoms with Crippen LogP contribution < -0.4 is 9.47 Å². The molecule has 112 valence electrons. The Labute approximate surface area is 137 Å². The van der Waals surface area contributed by atoms with Crippen molar-refractivity contribution in [3.05, 3.63) is 57.6 Å². The Kier molecular flexibility index (Phi) is 5.18. The first kappa shape index (κ1) is 16.1. The Hall–Kier alpha value is -2.32. The minimum Gasteiger partial charge on any atom is -0.496 e. The fraction of sp³-hybridized carbons (Fsp3) is 0.176. The molecule has 0 spiro atoms. The van der Waals surface area contributed by atoms with Gasteiger partial charge in [0.05, 0.1) is 12.7 Å². The zero-order chi connectivity index (χ0) is 16.1. The molecule has 0 unspecified atom stereocenters. The van der Waals surface area contributed by atoms with Crippen LogP contribution in [0.1, 0.15) is 21.5 Å². The van der Waals surface area contributed by atoms with E-state index >= 15 is 0 Å². The van der Waals surface area contributed by atoms with Gasteiger partial charge in [0.15, 0.2) is 12.4 Å². The number of methoxy groups -OCH3 is 1. The summed E-state index contributed by atoms with van der Waals surface area (Å²) in [4.78, 5) is 12.1. The van der Waals surface area contributed by atoms with Gasteiger partial charge in [-0.3, -0.25) is 4.79 Å². The summed E-state index contributed by atoms with van der Waals surface area (Å²) < 4.78 is 11.3. The third-order valence-electron chi connectivity index (χ3n) is 3.15. The lowest BCUT2D eigenvalue weighted by Crippen LogP contribution is -2.11. The number of ether oxygens (including phenoxy) is 2. The Morgan fingerprint density at radius 3 is 2.64 bits per heavy atom.